The number of aromatic nitrogens is 2. The van der Waals surface area contributed by atoms with E-state index in [0.29, 0.717) is 18.7 Å². The van der Waals surface area contributed by atoms with Crippen LogP contribution in [-0.2, 0) is 13.0 Å². The van der Waals surface area contributed by atoms with Crippen LogP contribution in [0.3, 0.4) is 0 Å². The van der Waals surface area contributed by atoms with Gasteiger partial charge in [-0.2, -0.15) is 0 Å². The van der Waals surface area contributed by atoms with Crippen LogP contribution in [0.25, 0.3) is 5.65 Å². The molecule has 4 aromatic rings. The largest absolute Gasteiger partial charge is 0.368 e. The van der Waals surface area contributed by atoms with E-state index < -0.39 is 0 Å². The van der Waals surface area contributed by atoms with Gasteiger partial charge in [0.2, 0.25) is 0 Å². The lowest BCUT2D eigenvalue weighted by atomic mass is 10.1. The highest BCUT2D eigenvalue weighted by molar-refractivity contribution is 6.30. The third-order valence-corrected chi connectivity index (χ3v) is 6.87. The molecule has 1 aliphatic rings. The summed E-state index contributed by atoms with van der Waals surface area (Å²) in [5.74, 6) is -0.0950. The summed E-state index contributed by atoms with van der Waals surface area (Å²) in [6.45, 7) is 8.39. The number of hydrogen-bond donors (Lipinski definition) is 1. The van der Waals surface area contributed by atoms with Crippen LogP contribution >= 0.6 is 11.6 Å². The molecule has 5 rings (SSSR count). The SMILES string of the molecule is CCc1nc2ccc(C)cn2c1C(=O)NCc1ccc(N2CCN(c3ccc(Cl)cc3)CC2)cc1. The molecule has 7 heteroatoms. The number of carbonyl (C=O) groups excluding carboxylic acids is 1. The molecule has 0 aliphatic carbocycles. The molecule has 0 saturated carbocycles. The van der Waals surface area contributed by atoms with Gasteiger partial charge in [0.25, 0.3) is 5.91 Å². The minimum Gasteiger partial charge on any atom is -0.368 e. The van der Waals surface area contributed by atoms with Gasteiger partial charge in [-0.05, 0) is 66.9 Å². The van der Waals surface area contributed by atoms with Crippen molar-refractivity contribution in [2.75, 3.05) is 36.0 Å². The summed E-state index contributed by atoms with van der Waals surface area (Å²) in [7, 11) is 0. The van der Waals surface area contributed by atoms with Crippen molar-refractivity contribution in [2.24, 2.45) is 0 Å². The normalized spacial score (nSPS) is 13.9. The standard InChI is InChI=1S/C28H30ClN5O/c1-3-25-27(34-19-20(2)4-13-26(34)31-25)28(35)30-18-21-5-9-23(10-6-21)32-14-16-33(17-15-32)24-11-7-22(29)8-12-24/h4-13,19H,3,14-18H2,1-2H3,(H,30,35). The van der Waals surface area contributed by atoms with Crippen LogP contribution in [0, 0.1) is 6.92 Å². The number of amides is 1. The van der Waals surface area contributed by atoms with Crippen LogP contribution in [0.2, 0.25) is 5.02 Å². The summed E-state index contributed by atoms with van der Waals surface area (Å²) in [4.78, 5) is 22.5. The van der Waals surface area contributed by atoms with Gasteiger partial charge in [-0.25, -0.2) is 4.98 Å². The van der Waals surface area contributed by atoms with Crippen molar-refractivity contribution in [1.82, 2.24) is 14.7 Å². The number of imidazole rings is 1. The molecule has 0 radical (unpaired) electrons. The van der Waals surface area contributed by atoms with Crippen LogP contribution in [0.15, 0.2) is 66.9 Å². The van der Waals surface area contributed by atoms with E-state index in [-0.39, 0.29) is 5.91 Å². The average molecular weight is 488 g/mol. The van der Waals surface area contributed by atoms with E-state index in [4.69, 9.17) is 11.6 Å². The molecule has 0 atom stereocenters. The number of benzene rings is 2. The molecule has 2 aromatic carbocycles. The second-order valence-corrected chi connectivity index (χ2v) is 9.43. The number of piperazine rings is 1. The molecule has 1 N–H and O–H groups in total. The molecule has 180 valence electrons. The lowest BCUT2D eigenvalue weighted by molar-refractivity contribution is 0.0944. The van der Waals surface area contributed by atoms with Gasteiger partial charge in [0.15, 0.2) is 0 Å². The number of halogens is 1. The van der Waals surface area contributed by atoms with E-state index >= 15 is 0 Å². The van der Waals surface area contributed by atoms with E-state index in [1.807, 2.05) is 48.7 Å². The first kappa shape index (κ1) is 23.2. The zero-order chi connectivity index (χ0) is 24.4. The number of nitrogens with zero attached hydrogens (tertiary/aromatic N) is 4. The van der Waals surface area contributed by atoms with Crippen molar-refractivity contribution in [3.05, 3.63) is 94.4 Å². The third-order valence-electron chi connectivity index (χ3n) is 6.61. The summed E-state index contributed by atoms with van der Waals surface area (Å²) < 4.78 is 1.90. The van der Waals surface area contributed by atoms with Crippen molar-refractivity contribution in [3.8, 4) is 0 Å². The molecule has 1 aliphatic heterocycles. The maximum absolute atomic E-state index is 13.1. The Hall–Kier alpha value is -3.51. The number of hydrogen-bond acceptors (Lipinski definition) is 4. The fraction of sp³-hybridized carbons (Fsp3) is 0.286. The Morgan fingerprint density at radius 3 is 2.11 bits per heavy atom. The molecule has 3 heterocycles. The molecule has 6 nitrogen and oxygen atoms in total. The Morgan fingerprint density at radius 2 is 1.51 bits per heavy atom. The maximum Gasteiger partial charge on any atom is 0.270 e. The quantitative estimate of drug-likeness (QED) is 0.410. The molecule has 35 heavy (non-hydrogen) atoms. The lowest BCUT2D eigenvalue weighted by Gasteiger charge is -2.37. The van der Waals surface area contributed by atoms with E-state index in [2.05, 4.69) is 56.5 Å². The highest BCUT2D eigenvalue weighted by atomic mass is 35.5. The number of nitrogens with one attached hydrogen (secondary N) is 1. The van der Waals surface area contributed by atoms with E-state index in [9.17, 15) is 4.79 Å². The molecule has 1 saturated heterocycles. The second-order valence-electron chi connectivity index (χ2n) is 8.99. The van der Waals surface area contributed by atoms with Gasteiger partial charge in [-0.1, -0.05) is 36.7 Å². The summed E-state index contributed by atoms with van der Waals surface area (Å²) >= 11 is 6.02. The third kappa shape index (κ3) is 4.98. The van der Waals surface area contributed by atoms with Gasteiger partial charge in [0, 0.05) is 55.3 Å². The molecule has 0 spiro atoms. The topological polar surface area (TPSA) is 52.9 Å². The van der Waals surface area contributed by atoms with E-state index in [1.165, 1.54) is 11.4 Å². The second kappa shape index (κ2) is 10.0. The van der Waals surface area contributed by atoms with Crippen molar-refractivity contribution in [1.29, 1.82) is 0 Å². The molecule has 0 unspecified atom stereocenters. The fourth-order valence-electron chi connectivity index (χ4n) is 4.65. The van der Waals surface area contributed by atoms with Crippen LogP contribution in [0.4, 0.5) is 11.4 Å². The average Bonchev–Trinajstić information content (AvgIpc) is 3.26. The predicted molar refractivity (Wildman–Crippen MR) is 143 cm³/mol. The van der Waals surface area contributed by atoms with Crippen molar-refractivity contribution in [3.63, 3.8) is 0 Å². The fourth-order valence-corrected chi connectivity index (χ4v) is 4.78. The summed E-state index contributed by atoms with van der Waals surface area (Å²) in [6.07, 6.45) is 2.68. The maximum atomic E-state index is 13.1. The number of aryl methyl sites for hydroxylation is 2. The first-order chi connectivity index (χ1) is 17.0. The van der Waals surface area contributed by atoms with Gasteiger partial charge in [-0.3, -0.25) is 9.20 Å². The summed E-state index contributed by atoms with van der Waals surface area (Å²) in [5.41, 5.74) is 6.84. The molecule has 0 bridgehead atoms. The Morgan fingerprint density at radius 1 is 0.914 bits per heavy atom. The number of pyridine rings is 1. The van der Waals surface area contributed by atoms with Gasteiger partial charge in [0.05, 0.1) is 5.69 Å². The van der Waals surface area contributed by atoms with E-state index in [0.717, 1.165) is 53.7 Å². The number of fused-ring (bicyclic) bond motifs is 1. The number of anilines is 2. The van der Waals surface area contributed by atoms with Crippen molar-refractivity contribution < 1.29 is 4.79 Å². The van der Waals surface area contributed by atoms with Crippen LogP contribution in [-0.4, -0.2) is 41.5 Å². The minimum atomic E-state index is -0.0950. The molecular formula is C28H30ClN5O. The van der Waals surface area contributed by atoms with Crippen molar-refractivity contribution >= 4 is 34.5 Å². The monoisotopic (exact) mass is 487 g/mol. The lowest BCUT2D eigenvalue weighted by Crippen LogP contribution is -2.46. The minimum absolute atomic E-state index is 0.0950. The predicted octanol–water partition coefficient (Wildman–Crippen LogP) is 5.12. The Kier molecular flexibility index (Phi) is 6.64. The first-order valence-electron chi connectivity index (χ1n) is 12.1. The molecule has 1 amide bonds. The zero-order valence-electron chi connectivity index (χ0n) is 20.2. The summed E-state index contributed by atoms with van der Waals surface area (Å²) in [5, 5.41) is 3.85. The van der Waals surface area contributed by atoms with Gasteiger partial charge in [-0.15, -0.1) is 0 Å². The molecule has 2 aromatic heterocycles. The zero-order valence-corrected chi connectivity index (χ0v) is 20.9. The highest BCUT2D eigenvalue weighted by Gasteiger charge is 2.19. The Balaban J connectivity index is 1.20. The number of carbonyl (C=O) groups is 1. The highest BCUT2D eigenvalue weighted by Crippen LogP contribution is 2.23. The van der Waals surface area contributed by atoms with Crippen LogP contribution in [0.1, 0.15) is 34.2 Å². The molecule has 1 fully saturated rings. The van der Waals surface area contributed by atoms with Gasteiger partial charge >= 0.3 is 0 Å². The van der Waals surface area contributed by atoms with Gasteiger partial charge < -0.3 is 15.1 Å². The van der Waals surface area contributed by atoms with Crippen LogP contribution in [0.5, 0.6) is 0 Å². The first-order valence-corrected chi connectivity index (χ1v) is 12.5. The summed E-state index contributed by atoms with van der Waals surface area (Å²) in [6, 6.07) is 20.5. The smallest absolute Gasteiger partial charge is 0.270 e. The van der Waals surface area contributed by atoms with Crippen LogP contribution < -0.4 is 15.1 Å². The van der Waals surface area contributed by atoms with Gasteiger partial charge in [0.1, 0.15) is 11.3 Å². The van der Waals surface area contributed by atoms with E-state index in [1.54, 1.807) is 0 Å². The van der Waals surface area contributed by atoms with Crippen molar-refractivity contribution in [2.45, 2.75) is 26.8 Å². The Labute approximate surface area is 211 Å². The Bertz CT molecular complexity index is 1320. The molecular weight excluding hydrogens is 458 g/mol. The number of rotatable bonds is 6.